The van der Waals surface area contributed by atoms with Gasteiger partial charge in [-0.1, -0.05) is 6.07 Å². The number of pyridine rings is 1. The summed E-state index contributed by atoms with van der Waals surface area (Å²) in [6, 6.07) is 8.58. The molecule has 0 bridgehead atoms. The number of alkyl halides is 9. The third-order valence-corrected chi connectivity index (χ3v) is 5.93. The van der Waals surface area contributed by atoms with Crippen molar-refractivity contribution in [2.24, 2.45) is 12.5 Å². The van der Waals surface area contributed by atoms with Crippen molar-refractivity contribution in [1.29, 1.82) is 0 Å². The summed E-state index contributed by atoms with van der Waals surface area (Å²) < 4.78 is 97.4. The topological polar surface area (TPSA) is 136 Å². The fraction of sp³-hybridized carbons (Fsp3) is 0.500. The van der Waals surface area contributed by atoms with Gasteiger partial charge in [-0.3, -0.25) is 14.8 Å². The second-order valence-corrected chi connectivity index (χ2v) is 9.49. The van der Waals surface area contributed by atoms with Crippen LogP contribution in [0.3, 0.4) is 0 Å². The molecule has 2 saturated heterocycles. The van der Waals surface area contributed by atoms with E-state index in [1.165, 1.54) is 43.9 Å². The van der Waals surface area contributed by atoms with Gasteiger partial charge in [0, 0.05) is 69.5 Å². The Morgan fingerprint density at radius 1 is 0.791 bits per heavy atom. The van der Waals surface area contributed by atoms with E-state index in [2.05, 4.69) is 50.8 Å². The lowest BCUT2D eigenvalue weighted by molar-refractivity contribution is -0.193. The van der Waals surface area contributed by atoms with E-state index in [9.17, 15) is 39.5 Å². The summed E-state index contributed by atoms with van der Waals surface area (Å²) in [5.74, 6) is -8.27. The molecule has 0 unspecified atom stereocenters. The zero-order valence-electron chi connectivity index (χ0n) is 22.2. The third kappa shape index (κ3) is 13.3. The van der Waals surface area contributed by atoms with Gasteiger partial charge >= 0.3 is 36.4 Å². The molecule has 43 heavy (non-hydrogen) atoms. The van der Waals surface area contributed by atoms with Crippen LogP contribution in [0.15, 0.2) is 42.9 Å². The van der Waals surface area contributed by atoms with Crippen LogP contribution in [0.5, 0.6) is 0 Å². The van der Waals surface area contributed by atoms with Crippen molar-refractivity contribution in [3.05, 3.63) is 54.1 Å². The summed E-state index contributed by atoms with van der Waals surface area (Å²) in [4.78, 5) is 36.1. The quantitative estimate of drug-likeness (QED) is 0.425. The number of carbonyl (C=O) groups is 3. The lowest BCUT2D eigenvalue weighted by atomic mass is 9.79. The first-order valence-electron chi connectivity index (χ1n) is 11.9. The maximum absolute atomic E-state index is 10.6. The van der Waals surface area contributed by atoms with Crippen molar-refractivity contribution in [3.63, 3.8) is 0 Å². The van der Waals surface area contributed by atoms with Crippen LogP contribution in [0.4, 0.5) is 39.5 Å². The van der Waals surface area contributed by atoms with Gasteiger partial charge in [0.15, 0.2) is 0 Å². The van der Waals surface area contributed by atoms with Gasteiger partial charge in [0.25, 0.3) is 0 Å². The summed E-state index contributed by atoms with van der Waals surface area (Å²) in [6.45, 7) is 7.11. The smallest absolute Gasteiger partial charge is 0.475 e. The Balaban J connectivity index is 0.000000363. The molecule has 242 valence electrons. The molecular weight excluding hydrogens is 611 g/mol. The molecule has 10 nitrogen and oxygen atoms in total. The Morgan fingerprint density at radius 3 is 1.63 bits per heavy atom. The van der Waals surface area contributed by atoms with Gasteiger partial charge in [-0.15, -0.1) is 0 Å². The SMILES string of the molecule is Cn1cccc1CN1CC2(CCN(Cc3cccnc3)C2)C1.O=C(O)C(F)(F)F.O=C(O)C(F)(F)F.O=C(O)C(F)(F)F. The lowest BCUT2D eigenvalue weighted by Crippen LogP contribution is -2.56. The second-order valence-electron chi connectivity index (χ2n) is 9.49. The fourth-order valence-electron chi connectivity index (χ4n) is 4.07. The summed E-state index contributed by atoms with van der Waals surface area (Å²) in [7, 11) is 2.14. The Hall–Kier alpha value is -3.87. The third-order valence-electron chi connectivity index (χ3n) is 5.93. The number of likely N-dealkylation sites (tertiary alicyclic amines) is 2. The van der Waals surface area contributed by atoms with Gasteiger partial charge in [-0.2, -0.15) is 39.5 Å². The predicted molar refractivity (Wildman–Crippen MR) is 128 cm³/mol. The number of aromatic nitrogens is 2. The van der Waals surface area contributed by atoms with Gasteiger partial charge in [0.2, 0.25) is 0 Å². The van der Waals surface area contributed by atoms with Crippen LogP contribution >= 0.6 is 0 Å². The lowest BCUT2D eigenvalue weighted by Gasteiger charge is -2.48. The molecule has 0 aromatic carbocycles. The Morgan fingerprint density at radius 2 is 1.26 bits per heavy atom. The first kappa shape index (κ1) is 37.2. The van der Waals surface area contributed by atoms with Crippen LogP contribution in [0.2, 0.25) is 0 Å². The average molecular weight is 638 g/mol. The Kier molecular flexibility index (Phi) is 13.0. The van der Waals surface area contributed by atoms with Crippen molar-refractivity contribution in [3.8, 4) is 0 Å². The largest absolute Gasteiger partial charge is 0.490 e. The Bertz CT molecular complexity index is 1140. The number of nitrogens with zero attached hydrogens (tertiary/aromatic N) is 4. The molecule has 1 spiro atoms. The van der Waals surface area contributed by atoms with Crippen LogP contribution in [-0.2, 0) is 34.5 Å². The first-order chi connectivity index (χ1) is 19.6. The van der Waals surface area contributed by atoms with E-state index < -0.39 is 36.4 Å². The minimum Gasteiger partial charge on any atom is -0.475 e. The molecule has 0 aliphatic carbocycles. The molecule has 2 aromatic heterocycles. The second kappa shape index (κ2) is 15.0. The number of aliphatic carboxylic acids is 3. The van der Waals surface area contributed by atoms with Crippen LogP contribution in [0.25, 0.3) is 0 Å². The molecule has 0 radical (unpaired) electrons. The molecule has 2 aromatic rings. The van der Waals surface area contributed by atoms with Crippen LogP contribution < -0.4 is 0 Å². The standard InChI is InChI=1S/C18H24N4.3C2HF3O2/c1-20-8-3-5-17(20)12-22-14-18(15-22)6-9-21(13-18)11-16-4-2-7-19-10-16;3*3-2(4,5)1(6)7/h2-5,7-8,10H,6,9,11-15H2,1H3;3*(H,6,7). The highest BCUT2D eigenvalue weighted by Crippen LogP contribution is 2.40. The Labute approximate surface area is 237 Å². The summed E-state index contributed by atoms with van der Waals surface area (Å²) in [6.07, 6.45) is -7.93. The maximum atomic E-state index is 10.6. The zero-order valence-corrected chi connectivity index (χ0v) is 22.2. The van der Waals surface area contributed by atoms with Gasteiger partial charge < -0.3 is 19.9 Å². The maximum Gasteiger partial charge on any atom is 0.490 e. The van der Waals surface area contributed by atoms with Gasteiger partial charge in [-0.05, 0) is 36.7 Å². The van der Waals surface area contributed by atoms with Gasteiger partial charge in [0.05, 0.1) is 0 Å². The molecular formula is C24H27F9N4O6. The van der Waals surface area contributed by atoms with Crippen LogP contribution in [0, 0.1) is 5.41 Å². The number of halogens is 9. The molecule has 2 aliphatic heterocycles. The molecule has 0 atom stereocenters. The normalized spacial score (nSPS) is 16.4. The minimum atomic E-state index is -5.08. The first-order valence-corrected chi connectivity index (χ1v) is 11.9. The number of aryl methyl sites for hydroxylation is 1. The summed E-state index contributed by atoms with van der Waals surface area (Å²) in [5.41, 5.74) is 3.30. The molecule has 3 N–H and O–H groups in total. The number of carboxylic acid groups (broad SMARTS) is 3. The summed E-state index contributed by atoms with van der Waals surface area (Å²) >= 11 is 0. The summed E-state index contributed by atoms with van der Waals surface area (Å²) in [5, 5.41) is 21.4. The van der Waals surface area contributed by atoms with Crippen molar-refractivity contribution in [1.82, 2.24) is 19.4 Å². The fourth-order valence-corrected chi connectivity index (χ4v) is 4.07. The number of hydrogen-bond acceptors (Lipinski definition) is 6. The van der Waals surface area contributed by atoms with Gasteiger partial charge in [-0.25, -0.2) is 14.4 Å². The molecule has 2 aliphatic rings. The van der Waals surface area contributed by atoms with Crippen LogP contribution in [0.1, 0.15) is 17.7 Å². The van der Waals surface area contributed by atoms with Gasteiger partial charge in [0.1, 0.15) is 0 Å². The van der Waals surface area contributed by atoms with E-state index in [0.29, 0.717) is 5.41 Å². The highest BCUT2D eigenvalue weighted by Gasteiger charge is 2.47. The number of rotatable bonds is 4. The minimum absolute atomic E-state index is 0.549. The van der Waals surface area contributed by atoms with E-state index >= 15 is 0 Å². The van der Waals surface area contributed by atoms with Crippen molar-refractivity contribution >= 4 is 17.9 Å². The molecule has 0 amide bonds. The van der Waals surface area contributed by atoms with E-state index in [1.807, 2.05) is 18.5 Å². The number of hydrogen-bond donors (Lipinski definition) is 3. The highest BCUT2D eigenvalue weighted by atomic mass is 19.4. The molecule has 0 saturated carbocycles. The highest BCUT2D eigenvalue weighted by molar-refractivity contribution is 5.73. The molecule has 2 fully saturated rings. The number of carboxylic acids is 3. The van der Waals surface area contributed by atoms with E-state index in [4.69, 9.17) is 29.7 Å². The van der Waals surface area contributed by atoms with Crippen LogP contribution in [-0.4, -0.2) is 97.3 Å². The molecule has 4 rings (SSSR count). The van der Waals surface area contributed by atoms with Crippen molar-refractivity contribution in [2.75, 3.05) is 26.2 Å². The van der Waals surface area contributed by atoms with E-state index in [0.717, 1.165) is 13.1 Å². The van der Waals surface area contributed by atoms with Crippen molar-refractivity contribution in [2.45, 2.75) is 38.0 Å². The zero-order chi connectivity index (χ0) is 33.2. The molecule has 19 heteroatoms. The van der Waals surface area contributed by atoms with E-state index in [1.54, 1.807) is 0 Å². The predicted octanol–water partition coefficient (Wildman–Crippen LogP) is 4.03. The molecule has 4 heterocycles. The average Bonchev–Trinajstić information content (AvgIpc) is 3.45. The van der Waals surface area contributed by atoms with E-state index in [-0.39, 0.29) is 0 Å². The van der Waals surface area contributed by atoms with Crippen molar-refractivity contribution < 1.29 is 69.2 Å². The monoisotopic (exact) mass is 638 g/mol.